The first kappa shape index (κ1) is 21.0. The Morgan fingerprint density at radius 3 is 1.93 bits per heavy atom. The molecule has 0 bridgehead atoms. The van der Waals surface area contributed by atoms with Crippen LogP contribution in [-0.4, -0.2) is 64.3 Å². The summed E-state index contributed by atoms with van der Waals surface area (Å²) < 4.78 is 56.2. The van der Waals surface area contributed by atoms with Gasteiger partial charge in [-0.2, -0.15) is 13.2 Å². The highest BCUT2D eigenvalue weighted by atomic mass is 19.4. The molecule has 0 N–H and O–H groups in total. The maximum atomic E-state index is 13.3. The fourth-order valence-electron chi connectivity index (χ4n) is 2.31. The van der Waals surface area contributed by atoms with Crippen LogP contribution in [0.3, 0.4) is 0 Å². The fourth-order valence-corrected chi connectivity index (χ4v) is 2.31. The molecule has 0 spiro atoms. The molecule has 0 amide bonds. The van der Waals surface area contributed by atoms with Crippen molar-refractivity contribution in [3.8, 4) is 11.5 Å². The molecule has 0 aliphatic carbocycles. The van der Waals surface area contributed by atoms with E-state index in [0.29, 0.717) is 25.8 Å². The van der Waals surface area contributed by atoms with Crippen LogP contribution in [-0.2, 0) is 6.18 Å². The van der Waals surface area contributed by atoms with Gasteiger partial charge in [0.25, 0.3) is 0 Å². The molecule has 2 aromatic rings. The van der Waals surface area contributed by atoms with Crippen molar-refractivity contribution in [2.75, 3.05) is 54.5 Å². The Morgan fingerprint density at radius 2 is 1.44 bits per heavy atom. The lowest BCUT2D eigenvalue weighted by atomic mass is 10.1. The molecular formula is C18H23F3N2O4. The van der Waals surface area contributed by atoms with Gasteiger partial charge in [-0.25, -0.2) is 4.79 Å². The summed E-state index contributed by atoms with van der Waals surface area (Å²) in [6, 6.07) is 2.92. The van der Waals surface area contributed by atoms with E-state index in [2.05, 4.69) is 0 Å². The first-order valence-electron chi connectivity index (χ1n) is 8.32. The third-order valence-electron chi connectivity index (χ3n) is 3.71. The van der Waals surface area contributed by atoms with Crippen LogP contribution < -0.4 is 15.1 Å². The van der Waals surface area contributed by atoms with Gasteiger partial charge in [0, 0.05) is 30.6 Å². The zero-order valence-corrected chi connectivity index (χ0v) is 15.7. The van der Waals surface area contributed by atoms with Crippen molar-refractivity contribution < 1.29 is 27.1 Å². The van der Waals surface area contributed by atoms with Gasteiger partial charge in [0.1, 0.15) is 18.8 Å². The molecule has 9 heteroatoms. The number of hydrogen-bond acceptors (Lipinski definition) is 6. The van der Waals surface area contributed by atoms with Crippen molar-refractivity contribution in [3.05, 3.63) is 34.2 Å². The van der Waals surface area contributed by atoms with E-state index in [1.807, 2.05) is 38.0 Å². The van der Waals surface area contributed by atoms with E-state index >= 15 is 0 Å². The molecule has 0 atom stereocenters. The molecule has 6 nitrogen and oxygen atoms in total. The first-order valence-corrected chi connectivity index (χ1v) is 8.32. The molecular weight excluding hydrogens is 365 g/mol. The lowest BCUT2D eigenvalue weighted by Crippen LogP contribution is -2.21. The summed E-state index contributed by atoms with van der Waals surface area (Å²) in [6.07, 6.45) is -4.69. The Kier molecular flexibility index (Phi) is 6.72. The third kappa shape index (κ3) is 5.86. The van der Waals surface area contributed by atoms with Crippen molar-refractivity contribution in [2.45, 2.75) is 6.18 Å². The molecule has 0 aliphatic heterocycles. The standard InChI is InChI=1S/C18H23F3N2O4/c1-22(2)5-7-25-15-9-12-13(18(19,20)21)10-17(24)27-14(12)11-16(15)26-8-6-23(3)4/h9-11H,5-8H2,1-4H3. The maximum Gasteiger partial charge on any atom is 0.417 e. The molecule has 0 saturated heterocycles. The average Bonchev–Trinajstić information content (AvgIpc) is 2.53. The Bertz CT molecular complexity index is 832. The molecule has 27 heavy (non-hydrogen) atoms. The molecule has 0 fully saturated rings. The molecule has 1 heterocycles. The lowest BCUT2D eigenvalue weighted by Gasteiger charge is -2.17. The summed E-state index contributed by atoms with van der Waals surface area (Å²) in [5.41, 5.74) is -2.34. The number of benzene rings is 1. The smallest absolute Gasteiger partial charge is 0.417 e. The average molecular weight is 388 g/mol. The van der Waals surface area contributed by atoms with Crippen LogP contribution in [0.1, 0.15) is 5.56 Å². The number of alkyl halides is 3. The number of ether oxygens (including phenoxy) is 2. The number of nitrogens with zero attached hydrogens (tertiary/aromatic N) is 2. The Hall–Kier alpha value is -2.26. The summed E-state index contributed by atoms with van der Waals surface area (Å²) in [6.45, 7) is 1.74. The monoisotopic (exact) mass is 388 g/mol. The summed E-state index contributed by atoms with van der Waals surface area (Å²) in [4.78, 5) is 15.3. The third-order valence-corrected chi connectivity index (χ3v) is 3.71. The fraction of sp³-hybridized carbons (Fsp3) is 0.500. The molecule has 1 aromatic carbocycles. The first-order chi connectivity index (χ1) is 12.6. The van der Waals surface area contributed by atoms with Crippen LogP contribution in [0, 0.1) is 0 Å². The van der Waals surface area contributed by atoms with Gasteiger partial charge in [0.2, 0.25) is 0 Å². The largest absolute Gasteiger partial charge is 0.488 e. The Morgan fingerprint density at radius 1 is 0.926 bits per heavy atom. The molecule has 0 saturated carbocycles. The second-order valence-electron chi connectivity index (χ2n) is 6.58. The summed E-state index contributed by atoms with van der Waals surface area (Å²) in [5.74, 6) is 0.396. The van der Waals surface area contributed by atoms with Crippen LogP contribution in [0.2, 0.25) is 0 Å². The number of rotatable bonds is 8. The summed E-state index contributed by atoms with van der Waals surface area (Å²) in [5, 5.41) is -0.248. The van der Waals surface area contributed by atoms with Crippen molar-refractivity contribution >= 4 is 11.0 Å². The van der Waals surface area contributed by atoms with Gasteiger partial charge in [-0.15, -0.1) is 0 Å². The predicted octanol–water partition coefficient (Wildman–Crippen LogP) is 2.69. The second-order valence-corrected chi connectivity index (χ2v) is 6.58. The van der Waals surface area contributed by atoms with E-state index in [1.54, 1.807) is 0 Å². The highest BCUT2D eigenvalue weighted by Gasteiger charge is 2.34. The highest BCUT2D eigenvalue weighted by Crippen LogP contribution is 2.39. The number of hydrogen-bond donors (Lipinski definition) is 0. The van der Waals surface area contributed by atoms with Gasteiger partial charge in [0.05, 0.1) is 5.56 Å². The molecule has 0 aliphatic rings. The van der Waals surface area contributed by atoms with Crippen LogP contribution >= 0.6 is 0 Å². The molecule has 1 aromatic heterocycles. The van der Waals surface area contributed by atoms with E-state index in [0.717, 1.165) is 0 Å². The van der Waals surface area contributed by atoms with Gasteiger partial charge in [-0.3, -0.25) is 0 Å². The lowest BCUT2D eigenvalue weighted by molar-refractivity contribution is -0.136. The van der Waals surface area contributed by atoms with Crippen molar-refractivity contribution in [1.82, 2.24) is 9.80 Å². The maximum absolute atomic E-state index is 13.3. The normalized spacial score (nSPS) is 12.2. The van der Waals surface area contributed by atoms with Gasteiger partial charge in [0.15, 0.2) is 11.5 Å². The minimum Gasteiger partial charge on any atom is -0.488 e. The Labute approximate surface area is 155 Å². The van der Waals surface area contributed by atoms with Crippen LogP contribution in [0.5, 0.6) is 11.5 Å². The van der Waals surface area contributed by atoms with Gasteiger partial charge in [-0.1, -0.05) is 0 Å². The van der Waals surface area contributed by atoms with Crippen molar-refractivity contribution in [1.29, 1.82) is 0 Å². The minimum absolute atomic E-state index is 0.169. The molecule has 2 rings (SSSR count). The molecule has 150 valence electrons. The van der Waals surface area contributed by atoms with Crippen LogP contribution in [0.15, 0.2) is 27.4 Å². The van der Waals surface area contributed by atoms with Crippen molar-refractivity contribution in [2.24, 2.45) is 0 Å². The van der Waals surface area contributed by atoms with Gasteiger partial charge >= 0.3 is 11.8 Å². The van der Waals surface area contributed by atoms with E-state index in [4.69, 9.17) is 13.9 Å². The highest BCUT2D eigenvalue weighted by molar-refractivity contribution is 5.84. The quantitative estimate of drug-likeness (QED) is 0.648. The second kappa shape index (κ2) is 8.62. The Balaban J connectivity index is 2.48. The number of fused-ring (bicyclic) bond motifs is 1. The summed E-state index contributed by atoms with van der Waals surface area (Å²) >= 11 is 0. The van der Waals surface area contributed by atoms with E-state index < -0.39 is 17.4 Å². The van der Waals surface area contributed by atoms with E-state index in [9.17, 15) is 18.0 Å². The number of halogens is 3. The molecule has 0 radical (unpaired) electrons. The van der Waals surface area contributed by atoms with Crippen molar-refractivity contribution in [3.63, 3.8) is 0 Å². The molecule has 0 unspecified atom stereocenters. The van der Waals surface area contributed by atoms with Crippen LogP contribution in [0.4, 0.5) is 13.2 Å². The summed E-state index contributed by atoms with van der Waals surface area (Å²) in [7, 11) is 7.45. The van der Waals surface area contributed by atoms with E-state index in [1.165, 1.54) is 12.1 Å². The predicted molar refractivity (Wildman–Crippen MR) is 95.6 cm³/mol. The number of likely N-dealkylation sites (N-methyl/N-ethyl adjacent to an activating group) is 2. The minimum atomic E-state index is -4.69. The van der Waals surface area contributed by atoms with E-state index in [-0.39, 0.29) is 29.1 Å². The zero-order valence-electron chi connectivity index (χ0n) is 15.7. The topological polar surface area (TPSA) is 55.1 Å². The van der Waals surface area contributed by atoms with Gasteiger partial charge < -0.3 is 23.7 Å². The van der Waals surface area contributed by atoms with Crippen LogP contribution in [0.25, 0.3) is 11.0 Å². The zero-order chi connectivity index (χ0) is 20.2. The van der Waals surface area contributed by atoms with Gasteiger partial charge in [-0.05, 0) is 34.3 Å². The SMILES string of the molecule is CN(C)CCOc1cc2oc(=O)cc(C(F)(F)F)c2cc1OCCN(C)C.